The molecule has 0 spiro atoms. The zero-order valence-corrected chi connectivity index (χ0v) is 15.8. The fourth-order valence-corrected chi connectivity index (χ4v) is 4.55. The Hall–Kier alpha value is -2.40. The van der Waals surface area contributed by atoms with Crippen LogP contribution in [-0.2, 0) is 23.0 Å². The van der Waals surface area contributed by atoms with Gasteiger partial charge in [-0.2, -0.15) is 0 Å². The van der Waals surface area contributed by atoms with Gasteiger partial charge >= 0.3 is 0 Å². The summed E-state index contributed by atoms with van der Waals surface area (Å²) >= 11 is 0. The molecule has 3 aromatic rings. The summed E-state index contributed by atoms with van der Waals surface area (Å²) < 4.78 is 11.5. The van der Waals surface area contributed by atoms with E-state index in [0.29, 0.717) is 17.9 Å². The van der Waals surface area contributed by atoms with Crippen LogP contribution in [0.25, 0.3) is 10.9 Å². The monoisotopic (exact) mass is 366 g/mol. The van der Waals surface area contributed by atoms with Gasteiger partial charge in [-0.1, -0.05) is 30.3 Å². The van der Waals surface area contributed by atoms with Crippen LogP contribution in [0.3, 0.4) is 0 Å². The first-order chi connectivity index (χ1) is 12.5. The van der Waals surface area contributed by atoms with Crippen LogP contribution in [0, 0.1) is 0 Å². The van der Waals surface area contributed by atoms with Crippen LogP contribution >= 0.6 is 0 Å². The third-order valence-electron chi connectivity index (χ3n) is 5.14. The summed E-state index contributed by atoms with van der Waals surface area (Å²) in [6, 6.07) is 15.8. The van der Waals surface area contributed by atoms with E-state index < -0.39 is 10.8 Å². The Labute approximate surface area is 155 Å². The summed E-state index contributed by atoms with van der Waals surface area (Å²) in [5.74, 6) is 0.508. The number of amides is 1. The minimum atomic E-state index is -0.919. The first-order valence-electron chi connectivity index (χ1n) is 8.84. The summed E-state index contributed by atoms with van der Waals surface area (Å²) in [6.07, 6.45) is 2.53. The van der Waals surface area contributed by atoms with Crippen molar-refractivity contribution < 1.29 is 9.00 Å². The van der Waals surface area contributed by atoms with Gasteiger partial charge in [-0.25, -0.2) is 0 Å². The maximum absolute atomic E-state index is 13.1. The number of aromatic amines is 1. The Morgan fingerprint density at radius 2 is 2.04 bits per heavy atom. The number of fused-ring (bicyclic) bond motifs is 3. The van der Waals surface area contributed by atoms with Crippen LogP contribution < -0.4 is 0 Å². The van der Waals surface area contributed by atoms with Gasteiger partial charge in [-0.05, 0) is 42.7 Å². The number of carbonyl (C=O) groups excluding carboxylic acids is 1. The third kappa shape index (κ3) is 2.97. The number of benzene rings is 2. The molecule has 1 amide bonds. The number of para-hydroxylation sites is 1. The van der Waals surface area contributed by atoms with Crippen molar-refractivity contribution in [1.82, 2.24) is 9.88 Å². The Morgan fingerprint density at radius 1 is 1.23 bits per heavy atom. The Balaban J connectivity index is 1.65. The van der Waals surface area contributed by atoms with Gasteiger partial charge in [0.25, 0.3) is 5.91 Å². The van der Waals surface area contributed by atoms with Gasteiger partial charge in [0.2, 0.25) is 0 Å². The molecule has 2 aromatic carbocycles. The Morgan fingerprint density at radius 3 is 2.85 bits per heavy atom. The molecule has 5 heteroatoms. The predicted octanol–water partition coefficient (Wildman–Crippen LogP) is 3.81. The fraction of sp³-hybridized carbons (Fsp3) is 0.286. The SMILES string of the molecule is C[C@H]1c2[nH]c3ccccc3c2CCN1C(=O)c1cccc(C[S@@](C)=O)c1. The number of hydrogen-bond donors (Lipinski definition) is 1. The number of H-pyrrole nitrogens is 1. The van der Waals surface area contributed by atoms with Crippen LogP contribution in [0.4, 0.5) is 0 Å². The summed E-state index contributed by atoms with van der Waals surface area (Å²) in [4.78, 5) is 18.5. The second kappa shape index (κ2) is 6.72. The van der Waals surface area contributed by atoms with Gasteiger partial charge in [-0.3, -0.25) is 9.00 Å². The fourth-order valence-electron chi connectivity index (χ4n) is 3.90. The van der Waals surface area contributed by atoms with Gasteiger partial charge in [0.15, 0.2) is 0 Å². The second-order valence-corrected chi connectivity index (χ2v) is 8.34. The molecule has 0 aliphatic carbocycles. The van der Waals surface area contributed by atoms with Crippen LogP contribution in [0.5, 0.6) is 0 Å². The molecule has 1 aromatic heterocycles. The molecule has 134 valence electrons. The van der Waals surface area contributed by atoms with Gasteiger partial charge in [0.1, 0.15) is 0 Å². The molecule has 0 bridgehead atoms. The minimum absolute atomic E-state index is 0.00242. The molecular formula is C21H22N2O2S. The van der Waals surface area contributed by atoms with Gasteiger partial charge in [-0.15, -0.1) is 0 Å². The average molecular weight is 366 g/mol. The van der Waals surface area contributed by atoms with Crippen molar-refractivity contribution in [2.45, 2.75) is 25.1 Å². The van der Waals surface area contributed by atoms with Crippen LogP contribution in [0.2, 0.25) is 0 Å². The molecule has 4 rings (SSSR count). The first kappa shape index (κ1) is 17.0. The van der Waals surface area contributed by atoms with Crippen molar-refractivity contribution in [2.75, 3.05) is 12.8 Å². The molecule has 0 unspecified atom stereocenters. The summed E-state index contributed by atoms with van der Waals surface area (Å²) in [5, 5.41) is 1.26. The van der Waals surface area contributed by atoms with Crippen molar-refractivity contribution in [3.63, 3.8) is 0 Å². The lowest BCUT2D eigenvalue weighted by Gasteiger charge is -2.33. The van der Waals surface area contributed by atoms with E-state index in [1.807, 2.05) is 35.2 Å². The van der Waals surface area contributed by atoms with E-state index in [9.17, 15) is 9.00 Å². The van der Waals surface area contributed by atoms with Crippen molar-refractivity contribution in [1.29, 1.82) is 0 Å². The topological polar surface area (TPSA) is 53.2 Å². The summed E-state index contributed by atoms with van der Waals surface area (Å²) in [5.41, 5.74) is 5.20. The van der Waals surface area contributed by atoms with Gasteiger partial charge in [0.05, 0.1) is 6.04 Å². The first-order valence-corrected chi connectivity index (χ1v) is 10.6. The standard InChI is InChI=1S/C21H22N2O2S/c1-14-20-18(17-8-3-4-9-19(17)22-20)10-11-23(14)21(24)16-7-5-6-15(12-16)13-26(2)25/h3-9,12,14,22H,10-11,13H2,1-2H3/t14-,26+/m0/s1. The molecule has 1 N–H and O–H groups in total. The molecular weight excluding hydrogens is 344 g/mol. The molecule has 26 heavy (non-hydrogen) atoms. The molecule has 0 radical (unpaired) electrons. The van der Waals surface area contributed by atoms with Gasteiger partial charge in [0, 0.05) is 51.5 Å². The van der Waals surface area contributed by atoms with Crippen molar-refractivity contribution >= 4 is 27.6 Å². The molecule has 1 aliphatic rings. The van der Waals surface area contributed by atoms with E-state index in [1.54, 1.807) is 6.26 Å². The number of nitrogens with zero attached hydrogens (tertiary/aromatic N) is 1. The highest BCUT2D eigenvalue weighted by atomic mass is 32.2. The minimum Gasteiger partial charge on any atom is -0.356 e. The van der Waals surface area contributed by atoms with Crippen LogP contribution in [0.1, 0.15) is 40.1 Å². The lowest BCUT2D eigenvalue weighted by Crippen LogP contribution is -2.38. The van der Waals surface area contributed by atoms with Crippen LogP contribution in [0.15, 0.2) is 48.5 Å². The van der Waals surface area contributed by atoms with E-state index in [4.69, 9.17) is 0 Å². The van der Waals surface area contributed by atoms with E-state index in [1.165, 1.54) is 10.9 Å². The molecule has 0 saturated carbocycles. The predicted molar refractivity (Wildman–Crippen MR) is 106 cm³/mol. The van der Waals surface area contributed by atoms with E-state index in [2.05, 4.69) is 30.1 Å². The quantitative estimate of drug-likeness (QED) is 0.766. The normalized spacial score (nSPS) is 17.9. The second-order valence-electron chi connectivity index (χ2n) is 6.91. The van der Waals surface area contributed by atoms with Crippen molar-refractivity contribution in [3.05, 3.63) is 70.9 Å². The Bertz CT molecular complexity index is 1010. The average Bonchev–Trinajstić information content (AvgIpc) is 3.01. The molecule has 2 atom stereocenters. The Kier molecular flexibility index (Phi) is 4.41. The van der Waals surface area contributed by atoms with E-state index in [-0.39, 0.29) is 11.9 Å². The third-order valence-corrected chi connectivity index (χ3v) is 5.88. The number of hydrogen-bond acceptors (Lipinski definition) is 2. The number of carbonyl (C=O) groups is 1. The lowest BCUT2D eigenvalue weighted by atomic mass is 9.97. The summed E-state index contributed by atoms with van der Waals surface area (Å²) in [7, 11) is -0.919. The highest BCUT2D eigenvalue weighted by Crippen LogP contribution is 2.34. The van der Waals surface area contributed by atoms with Crippen LogP contribution in [-0.4, -0.2) is 32.8 Å². The number of rotatable bonds is 3. The van der Waals surface area contributed by atoms with Gasteiger partial charge < -0.3 is 9.88 Å². The number of aromatic nitrogens is 1. The van der Waals surface area contributed by atoms with E-state index in [0.717, 1.165) is 23.2 Å². The van der Waals surface area contributed by atoms with E-state index >= 15 is 0 Å². The molecule has 2 heterocycles. The lowest BCUT2D eigenvalue weighted by molar-refractivity contribution is 0.0674. The maximum Gasteiger partial charge on any atom is 0.254 e. The highest BCUT2D eigenvalue weighted by Gasteiger charge is 2.30. The maximum atomic E-state index is 13.1. The molecule has 0 saturated heterocycles. The zero-order valence-electron chi connectivity index (χ0n) is 15.0. The van der Waals surface area contributed by atoms with Crippen molar-refractivity contribution in [3.8, 4) is 0 Å². The smallest absolute Gasteiger partial charge is 0.254 e. The number of nitrogens with one attached hydrogen (secondary N) is 1. The largest absolute Gasteiger partial charge is 0.356 e. The molecule has 4 nitrogen and oxygen atoms in total. The van der Waals surface area contributed by atoms with Crippen molar-refractivity contribution in [2.24, 2.45) is 0 Å². The highest BCUT2D eigenvalue weighted by molar-refractivity contribution is 7.83. The summed E-state index contributed by atoms with van der Waals surface area (Å²) in [6.45, 7) is 2.79. The molecule has 0 fully saturated rings. The molecule has 1 aliphatic heterocycles. The zero-order chi connectivity index (χ0) is 18.3.